The number of nitrogens with two attached hydrogens (primary N) is 1. The Morgan fingerprint density at radius 2 is 1.27 bits per heavy atom. The van der Waals surface area contributed by atoms with E-state index < -0.39 is 19.3 Å². The molecule has 1 amide bonds. The molecule has 0 saturated heterocycles. The Hall–Kier alpha value is -4.61. The standard InChI is InChI=1S/C29H26N3O4P/c30-28(31)23-17-19-24(20-18-23)29(32-27(33)21-16-22-10-4-1-5-11-22)37(34,35-25-12-6-2-7-13-25)36-26-14-8-3-9-15-26/h1-21,29H,(H3,30,31)(H,32,33)/b21-16+. The summed E-state index contributed by atoms with van der Waals surface area (Å²) in [5.74, 6) is -1.13. The molecule has 186 valence electrons. The summed E-state index contributed by atoms with van der Waals surface area (Å²) in [7, 11) is -4.13. The van der Waals surface area contributed by atoms with Crippen molar-refractivity contribution in [3.8, 4) is 11.5 Å². The van der Waals surface area contributed by atoms with Crippen molar-refractivity contribution in [1.82, 2.24) is 5.32 Å². The zero-order valence-corrected chi connectivity index (χ0v) is 20.8. The van der Waals surface area contributed by atoms with Crippen LogP contribution in [0.5, 0.6) is 11.5 Å². The summed E-state index contributed by atoms with van der Waals surface area (Å²) in [5, 5.41) is 10.5. The summed E-state index contributed by atoms with van der Waals surface area (Å²) in [4.78, 5) is 13.0. The van der Waals surface area contributed by atoms with Crippen LogP contribution in [0.2, 0.25) is 0 Å². The van der Waals surface area contributed by atoms with Crippen LogP contribution in [-0.2, 0) is 9.36 Å². The lowest BCUT2D eigenvalue weighted by molar-refractivity contribution is -0.116. The number of nitrogens with one attached hydrogen (secondary N) is 2. The van der Waals surface area contributed by atoms with Crippen LogP contribution in [-0.4, -0.2) is 11.7 Å². The molecular weight excluding hydrogens is 485 g/mol. The van der Waals surface area contributed by atoms with Crippen LogP contribution in [0.4, 0.5) is 0 Å². The van der Waals surface area contributed by atoms with Gasteiger partial charge in [-0.1, -0.05) is 91.0 Å². The maximum Gasteiger partial charge on any atom is 0.457 e. The number of amidine groups is 1. The summed E-state index contributed by atoms with van der Waals surface area (Å²) in [6.45, 7) is 0. The Bertz CT molecular complexity index is 1360. The number of para-hydroxylation sites is 2. The van der Waals surface area contributed by atoms with Crippen molar-refractivity contribution < 1.29 is 18.4 Å². The smallest absolute Gasteiger partial charge is 0.414 e. The Morgan fingerprint density at radius 1 is 0.784 bits per heavy atom. The van der Waals surface area contributed by atoms with Crippen molar-refractivity contribution in [3.05, 3.63) is 138 Å². The van der Waals surface area contributed by atoms with Gasteiger partial charge in [0.05, 0.1) is 0 Å². The van der Waals surface area contributed by atoms with Gasteiger partial charge in [-0.15, -0.1) is 0 Å². The number of rotatable bonds is 10. The first-order valence-corrected chi connectivity index (χ1v) is 13.1. The number of benzene rings is 4. The third-order valence-corrected chi connectivity index (χ3v) is 7.30. The molecule has 1 atom stereocenters. The van der Waals surface area contributed by atoms with Gasteiger partial charge in [0, 0.05) is 11.6 Å². The first-order valence-electron chi connectivity index (χ1n) is 11.5. The highest BCUT2D eigenvalue weighted by Gasteiger charge is 2.41. The van der Waals surface area contributed by atoms with Crippen molar-refractivity contribution in [2.75, 3.05) is 0 Å². The summed E-state index contributed by atoms with van der Waals surface area (Å²) in [6, 6.07) is 33.1. The van der Waals surface area contributed by atoms with E-state index in [1.165, 1.54) is 6.08 Å². The number of carbonyl (C=O) groups excluding carboxylic acids is 1. The quantitative estimate of drug-likeness (QED) is 0.102. The lowest BCUT2D eigenvalue weighted by atomic mass is 10.1. The fraction of sp³-hybridized carbons (Fsp3) is 0.0345. The van der Waals surface area contributed by atoms with Gasteiger partial charge in [0.1, 0.15) is 17.3 Å². The molecular formula is C29H26N3O4P. The highest BCUT2D eigenvalue weighted by Crippen LogP contribution is 2.59. The van der Waals surface area contributed by atoms with E-state index >= 15 is 0 Å². The molecule has 0 heterocycles. The van der Waals surface area contributed by atoms with E-state index in [1.807, 2.05) is 42.5 Å². The Kier molecular flexibility index (Phi) is 8.18. The highest BCUT2D eigenvalue weighted by atomic mass is 31.2. The zero-order valence-electron chi connectivity index (χ0n) is 19.9. The van der Waals surface area contributed by atoms with Crippen molar-refractivity contribution in [2.45, 2.75) is 5.78 Å². The lowest BCUT2D eigenvalue weighted by Crippen LogP contribution is -2.30. The van der Waals surface area contributed by atoms with E-state index in [-0.39, 0.29) is 5.84 Å². The second kappa shape index (κ2) is 11.9. The molecule has 1 unspecified atom stereocenters. The second-order valence-corrected chi connectivity index (χ2v) is 10.0. The fourth-order valence-electron chi connectivity index (χ4n) is 3.49. The van der Waals surface area contributed by atoms with Gasteiger partial charge in [0.2, 0.25) is 5.91 Å². The number of amides is 1. The molecule has 4 aromatic rings. The van der Waals surface area contributed by atoms with E-state index in [0.717, 1.165) is 5.56 Å². The topological polar surface area (TPSA) is 114 Å². The van der Waals surface area contributed by atoms with Gasteiger partial charge in [-0.25, -0.2) is 4.57 Å². The van der Waals surface area contributed by atoms with Crippen LogP contribution in [0.3, 0.4) is 0 Å². The van der Waals surface area contributed by atoms with Crippen molar-refractivity contribution in [1.29, 1.82) is 5.41 Å². The van der Waals surface area contributed by atoms with Gasteiger partial charge in [-0.05, 0) is 41.5 Å². The summed E-state index contributed by atoms with van der Waals surface area (Å²) in [5.41, 5.74) is 7.39. The minimum absolute atomic E-state index is 0.109. The van der Waals surface area contributed by atoms with Gasteiger partial charge in [0.15, 0.2) is 5.78 Å². The molecule has 0 saturated carbocycles. The molecule has 4 N–H and O–H groups in total. The van der Waals surface area contributed by atoms with Crippen LogP contribution in [0.25, 0.3) is 6.08 Å². The van der Waals surface area contributed by atoms with Gasteiger partial charge in [0.25, 0.3) is 0 Å². The third-order valence-electron chi connectivity index (χ3n) is 5.31. The summed E-state index contributed by atoms with van der Waals surface area (Å²) < 4.78 is 26.5. The largest absolute Gasteiger partial charge is 0.457 e. The molecule has 7 nitrogen and oxygen atoms in total. The monoisotopic (exact) mass is 511 g/mol. The second-order valence-electron chi connectivity index (χ2n) is 8.04. The van der Waals surface area contributed by atoms with Gasteiger partial charge < -0.3 is 20.1 Å². The maximum atomic E-state index is 14.5. The van der Waals surface area contributed by atoms with Crippen molar-refractivity contribution in [3.63, 3.8) is 0 Å². The average molecular weight is 512 g/mol. The molecule has 4 rings (SSSR count). The lowest BCUT2D eigenvalue weighted by Gasteiger charge is -2.28. The molecule has 0 bridgehead atoms. The molecule has 4 aromatic carbocycles. The third kappa shape index (κ3) is 6.97. The summed E-state index contributed by atoms with van der Waals surface area (Å²) >= 11 is 0. The molecule has 0 aliphatic rings. The number of hydrogen-bond acceptors (Lipinski definition) is 5. The van der Waals surface area contributed by atoms with E-state index in [9.17, 15) is 9.36 Å². The van der Waals surface area contributed by atoms with Crippen LogP contribution < -0.4 is 20.1 Å². The molecule has 8 heteroatoms. The first kappa shape index (κ1) is 25.5. The predicted molar refractivity (Wildman–Crippen MR) is 146 cm³/mol. The molecule has 0 aliphatic heterocycles. The Morgan fingerprint density at radius 3 is 1.76 bits per heavy atom. The molecule has 37 heavy (non-hydrogen) atoms. The number of carbonyl (C=O) groups is 1. The molecule has 0 spiro atoms. The van der Waals surface area contributed by atoms with Crippen molar-refractivity contribution >= 4 is 25.4 Å². The van der Waals surface area contributed by atoms with Gasteiger partial charge >= 0.3 is 7.60 Å². The molecule has 0 fully saturated rings. The molecule has 0 radical (unpaired) electrons. The number of nitrogen functional groups attached to an aromatic ring is 1. The fourth-order valence-corrected chi connectivity index (χ4v) is 5.39. The van der Waals surface area contributed by atoms with Crippen LogP contribution in [0.15, 0.2) is 121 Å². The Balaban J connectivity index is 1.74. The molecule has 0 aromatic heterocycles. The van der Waals surface area contributed by atoms with E-state index in [4.69, 9.17) is 20.2 Å². The van der Waals surface area contributed by atoms with Gasteiger partial charge in [-0.2, -0.15) is 0 Å². The van der Waals surface area contributed by atoms with Crippen LogP contribution >= 0.6 is 7.60 Å². The van der Waals surface area contributed by atoms with Gasteiger partial charge in [-0.3, -0.25) is 10.2 Å². The minimum atomic E-state index is -4.13. The Labute approximate surface area is 215 Å². The molecule has 0 aliphatic carbocycles. The first-order chi connectivity index (χ1) is 17.9. The van der Waals surface area contributed by atoms with E-state index in [2.05, 4.69) is 5.32 Å². The van der Waals surface area contributed by atoms with E-state index in [0.29, 0.717) is 22.6 Å². The maximum absolute atomic E-state index is 14.5. The predicted octanol–water partition coefficient (Wildman–Crippen LogP) is 6.15. The number of hydrogen-bond donors (Lipinski definition) is 3. The highest BCUT2D eigenvalue weighted by molar-refractivity contribution is 7.55. The van der Waals surface area contributed by atoms with Crippen LogP contribution in [0.1, 0.15) is 22.5 Å². The zero-order chi connectivity index (χ0) is 26.1. The van der Waals surface area contributed by atoms with Crippen molar-refractivity contribution in [2.24, 2.45) is 5.73 Å². The SMILES string of the molecule is N=C(N)c1ccc(C(NC(=O)/C=C/c2ccccc2)P(=O)(Oc2ccccc2)Oc2ccccc2)cc1. The summed E-state index contributed by atoms with van der Waals surface area (Å²) in [6.07, 6.45) is 3.02. The van der Waals surface area contributed by atoms with E-state index in [1.54, 1.807) is 78.9 Å². The minimum Gasteiger partial charge on any atom is -0.414 e. The average Bonchev–Trinajstić information content (AvgIpc) is 2.92. The normalized spacial score (nSPS) is 12.0. The van der Waals surface area contributed by atoms with Crippen LogP contribution in [0, 0.1) is 5.41 Å².